The fraction of sp³-hybridized carbons (Fsp3) is 0.235. The zero-order valence-electron chi connectivity index (χ0n) is 12.7. The van der Waals surface area contributed by atoms with Crippen LogP contribution in [0.1, 0.15) is 23.8 Å². The van der Waals surface area contributed by atoms with E-state index in [0.29, 0.717) is 30.2 Å². The van der Waals surface area contributed by atoms with Gasteiger partial charge in [-0.1, -0.05) is 29.4 Å². The first-order chi connectivity index (χ1) is 11.7. The Morgan fingerprint density at radius 3 is 2.96 bits per heavy atom. The van der Waals surface area contributed by atoms with Gasteiger partial charge in [0.25, 0.3) is 0 Å². The molecule has 1 aromatic carbocycles. The number of hydrogen-bond donors (Lipinski definition) is 0. The maximum Gasteiger partial charge on any atom is 0.232 e. The number of aromatic nitrogens is 2. The summed E-state index contributed by atoms with van der Waals surface area (Å²) >= 11 is 1.53. The Labute approximate surface area is 141 Å². The van der Waals surface area contributed by atoms with E-state index in [1.54, 1.807) is 23.1 Å². The minimum Gasteiger partial charge on any atom is -0.339 e. The molecule has 1 saturated heterocycles. The molecule has 2 aromatic heterocycles. The Balaban J connectivity index is 1.49. The number of nitrogens with zero attached hydrogens (tertiary/aromatic N) is 3. The molecule has 24 heavy (non-hydrogen) atoms. The maximum atomic E-state index is 13.8. The molecule has 5 nitrogen and oxygen atoms in total. The van der Waals surface area contributed by atoms with Crippen LogP contribution in [0.4, 0.5) is 4.39 Å². The third-order valence-corrected chi connectivity index (χ3v) is 4.93. The van der Waals surface area contributed by atoms with Crippen molar-refractivity contribution in [3.05, 3.63) is 59.0 Å². The summed E-state index contributed by atoms with van der Waals surface area (Å²) in [7, 11) is 0. The summed E-state index contributed by atoms with van der Waals surface area (Å²) in [6, 6.07) is 10.3. The van der Waals surface area contributed by atoms with Crippen molar-refractivity contribution in [3.63, 3.8) is 0 Å². The molecule has 0 saturated carbocycles. The molecule has 1 amide bonds. The largest absolute Gasteiger partial charge is 0.339 e. The first-order valence-electron chi connectivity index (χ1n) is 7.59. The first kappa shape index (κ1) is 15.0. The van der Waals surface area contributed by atoms with Gasteiger partial charge >= 0.3 is 0 Å². The number of rotatable bonds is 4. The number of carbonyl (C=O) groups excluding carboxylic acids is 1. The van der Waals surface area contributed by atoms with Gasteiger partial charge in [0.2, 0.25) is 17.6 Å². The van der Waals surface area contributed by atoms with Gasteiger partial charge < -0.3 is 9.42 Å². The van der Waals surface area contributed by atoms with Crippen molar-refractivity contribution in [2.45, 2.75) is 18.9 Å². The molecular weight excluding hydrogens is 329 g/mol. The summed E-state index contributed by atoms with van der Waals surface area (Å²) in [5.41, 5.74) is 0.510. The molecule has 0 N–H and O–H groups in total. The number of halogens is 1. The van der Waals surface area contributed by atoms with Gasteiger partial charge in [0.05, 0.1) is 10.8 Å². The molecule has 1 aliphatic rings. The van der Waals surface area contributed by atoms with E-state index in [4.69, 9.17) is 4.52 Å². The highest BCUT2D eigenvalue weighted by molar-refractivity contribution is 7.13. The molecule has 4 rings (SSSR count). The van der Waals surface area contributed by atoms with Crippen LogP contribution in [0.3, 0.4) is 0 Å². The van der Waals surface area contributed by atoms with E-state index in [2.05, 4.69) is 10.1 Å². The Morgan fingerprint density at radius 2 is 2.17 bits per heavy atom. The van der Waals surface area contributed by atoms with E-state index in [-0.39, 0.29) is 24.2 Å². The van der Waals surface area contributed by atoms with Crippen molar-refractivity contribution < 1.29 is 13.7 Å². The monoisotopic (exact) mass is 343 g/mol. The van der Waals surface area contributed by atoms with Crippen LogP contribution in [-0.4, -0.2) is 27.5 Å². The lowest BCUT2D eigenvalue weighted by molar-refractivity contribution is -0.128. The van der Waals surface area contributed by atoms with Crippen LogP contribution in [0.25, 0.3) is 10.7 Å². The van der Waals surface area contributed by atoms with E-state index >= 15 is 0 Å². The lowest BCUT2D eigenvalue weighted by atomic mass is 10.1. The topological polar surface area (TPSA) is 59.2 Å². The zero-order valence-corrected chi connectivity index (χ0v) is 13.5. The lowest BCUT2D eigenvalue weighted by Crippen LogP contribution is -2.24. The highest BCUT2D eigenvalue weighted by Gasteiger charge is 2.34. The van der Waals surface area contributed by atoms with Crippen molar-refractivity contribution in [1.82, 2.24) is 15.0 Å². The molecule has 0 radical (unpaired) electrons. The summed E-state index contributed by atoms with van der Waals surface area (Å²) in [6.45, 7) is 0.715. The molecule has 3 heterocycles. The molecule has 3 aromatic rings. The van der Waals surface area contributed by atoms with E-state index < -0.39 is 0 Å². The van der Waals surface area contributed by atoms with Crippen LogP contribution in [0.2, 0.25) is 0 Å². The normalized spacial score (nSPS) is 17.6. The molecule has 0 aliphatic carbocycles. The van der Waals surface area contributed by atoms with Crippen molar-refractivity contribution in [3.8, 4) is 10.7 Å². The number of benzene rings is 1. The van der Waals surface area contributed by atoms with Crippen LogP contribution >= 0.6 is 11.3 Å². The van der Waals surface area contributed by atoms with Gasteiger partial charge in [-0.2, -0.15) is 4.98 Å². The fourth-order valence-electron chi connectivity index (χ4n) is 2.83. The highest BCUT2D eigenvalue weighted by atomic mass is 32.1. The molecule has 122 valence electrons. The second kappa shape index (κ2) is 6.16. The number of likely N-dealkylation sites (tertiary alicyclic amines) is 1. The van der Waals surface area contributed by atoms with Crippen molar-refractivity contribution in [2.24, 2.45) is 0 Å². The first-order valence-corrected chi connectivity index (χ1v) is 8.47. The van der Waals surface area contributed by atoms with Gasteiger partial charge in [-0.25, -0.2) is 4.39 Å². The van der Waals surface area contributed by atoms with Crippen LogP contribution in [0, 0.1) is 5.82 Å². The van der Waals surface area contributed by atoms with Crippen molar-refractivity contribution in [2.75, 3.05) is 6.54 Å². The molecule has 0 spiro atoms. The number of carbonyl (C=O) groups is 1. The third kappa shape index (κ3) is 2.82. The van der Waals surface area contributed by atoms with Gasteiger partial charge in [0.15, 0.2) is 0 Å². The molecule has 0 bridgehead atoms. The Kier molecular flexibility index (Phi) is 3.86. The van der Waals surface area contributed by atoms with Crippen molar-refractivity contribution in [1.29, 1.82) is 0 Å². The smallest absolute Gasteiger partial charge is 0.232 e. The van der Waals surface area contributed by atoms with Crippen LogP contribution in [0.5, 0.6) is 0 Å². The predicted molar refractivity (Wildman–Crippen MR) is 86.8 cm³/mol. The fourth-order valence-corrected chi connectivity index (χ4v) is 3.48. The standard InChI is InChI=1S/C17H14FN3O2S/c18-13-5-2-1-4-11(13)9-21-10-12(8-15(21)22)17-19-16(20-23-17)14-6-3-7-24-14/h1-7,12H,8-10H2/t12-/m0/s1. The average molecular weight is 343 g/mol. The predicted octanol–water partition coefficient (Wildman–Crippen LogP) is 3.45. The Hall–Kier alpha value is -2.54. The molecule has 0 unspecified atom stereocenters. The zero-order chi connectivity index (χ0) is 16.5. The minimum atomic E-state index is -0.300. The van der Waals surface area contributed by atoms with Crippen molar-refractivity contribution >= 4 is 17.2 Å². The summed E-state index contributed by atoms with van der Waals surface area (Å²) in [5.74, 6) is 0.527. The third-order valence-electron chi connectivity index (χ3n) is 4.07. The summed E-state index contributed by atoms with van der Waals surface area (Å²) in [6.07, 6.45) is 0.306. The number of amides is 1. The van der Waals surface area contributed by atoms with Gasteiger partial charge in [0.1, 0.15) is 5.82 Å². The van der Waals surface area contributed by atoms with Gasteiger partial charge in [-0.05, 0) is 17.5 Å². The van der Waals surface area contributed by atoms with E-state index in [1.165, 1.54) is 17.4 Å². The van der Waals surface area contributed by atoms with Crippen LogP contribution in [0.15, 0.2) is 46.3 Å². The van der Waals surface area contributed by atoms with Gasteiger partial charge in [0, 0.05) is 25.1 Å². The van der Waals surface area contributed by atoms with E-state index in [9.17, 15) is 9.18 Å². The molecule has 1 aliphatic heterocycles. The minimum absolute atomic E-state index is 0.0286. The highest BCUT2D eigenvalue weighted by Crippen LogP contribution is 2.30. The summed E-state index contributed by atoms with van der Waals surface area (Å²) < 4.78 is 19.1. The quantitative estimate of drug-likeness (QED) is 0.728. The van der Waals surface area contributed by atoms with Crippen LogP contribution in [-0.2, 0) is 11.3 Å². The van der Waals surface area contributed by atoms with E-state index in [1.807, 2.05) is 17.5 Å². The average Bonchev–Trinajstić information content (AvgIpc) is 3.30. The second-order valence-electron chi connectivity index (χ2n) is 5.70. The SMILES string of the molecule is O=C1C[C@H](c2nc(-c3cccs3)no2)CN1Cc1ccccc1F. The maximum absolute atomic E-state index is 13.8. The van der Waals surface area contributed by atoms with Gasteiger partial charge in [-0.15, -0.1) is 11.3 Å². The molecule has 1 atom stereocenters. The van der Waals surface area contributed by atoms with Gasteiger partial charge in [-0.3, -0.25) is 4.79 Å². The number of thiophene rings is 1. The Bertz CT molecular complexity index is 862. The van der Waals surface area contributed by atoms with Crippen LogP contribution < -0.4 is 0 Å². The number of hydrogen-bond acceptors (Lipinski definition) is 5. The molecule has 7 heteroatoms. The lowest BCUT2D eigenvalue weighted by Gasteiger charge is -2.16. The second-order valence-corrected chi connectivity index (χ2v) is 6.65. The molecule has 1 fully saturated rings. The molecular formula is C17H14FN3O2S. The Morgan fingerprint density at radius 1 is 1.29 bits per heavy atom. The summed E-state index contributed by atoms with van der Waals surface area (Å²) in [5, 5.41) is 5.93. The summed E-state index contributed by atoms with van der Waals surface area (Å²) in [4.78, 5) is 19.2. The van der Waals surface area contributed by atoms with E-state index in [0.717, 1.165) is 4.88 Å².